The first-order valence-corrected chi connectivity index (χ1v) is 12.5. The lowest BCUT2D eigenvalue weighted by Crippen LogP contribution is -2.50. The van der Waals surface area contributed by atoms with E-state index in [1.165, 1.54) is 12.1 Å². The molecular formula is C27H26BrFN2O3. The topological polar surface area (TPSA) is 60.3 Å². The van der Waals surface area contributed by atoms with Crippen molar-refractivity contribution < 1.29 is 13.9 Å². The molecule has 0 aliphatic carbocycles. The highest BCUT2D eigenvalue weighted by Gasteiger charge is 2.34. The third-order valence-corrected chi connectivity index (χ3v) is 7.35. The second-order valence-electron chi connectivity index (χ2n) is 8.99. The van der Waals surface area contributed by atoms with Crippen LogP contribution in [0.4, 0.5) is 4.39 Å². The van der Waals surface area contributed by atoms with Crippen LogP contribution in [0.25, 0.3) is 11.1 Å². The van der Waals surface area contributed by atoms with Gasteiger partial charge in [0.05, 0.1) is 16.6 Å². The maximum absolute atomic E-state index is 13.8. The summed E-state index contributed by atoms with van der Waals surface area (Å²) < 4.78 is 21.7. The van der Waals surface area contributed by atoms with Crippen LogP contribution in [0.2, 0.25) is 0 Å². The van der Waals surface area contributed by atoms with Crippen LogP contribution in [-0.4, -0.2) is 29.2 Å². The molecule has 2 aromatic carbocycles. The van der Waals surface area contributed by atoms with E-state index in [1.807, 2.05) is 41.0 Å². The molecule has 34 heavy (non-hydrogen) atoms. The first kappa shape index (κ1) is 23.0. The van der Waals surface area contributed by atoms with Crippen molar-refractivity contribution in [1.29, 1.82) is 0 Å². The lowest BCUT2D eigenvalue weighted by atomic mass is 9.89. The van der Waals surface area contributed by atoms with E-state index in [0.717, 1.165) is 41.6 Å². The Morgan fingerprint density at radius 3 is 2.65 bits per heavy atom. The van der Waals surface area contributed by atoms with E-state index < -0.39 is 6.10 Å². The van der Waals surface area contributed by atoms with Crippen LogP contribution in [-0.2, 0) is 22.4 Å². The summed E-state index contributed by atoms with van der Waals surface area (Å²) in [5, 5.41) is 3.18. The SMILES string of the molecule is O=C(N[C@H]1CCc2ccc(Br)c(=O)n2[C@H]1Cc1cccc(-c2cccc(F)c2)c1)[C@@H]1CCCO1. The summed E-state index contributed by atoms with van der Waals surface area (Å²) in [5.74, 6) is -0.384. The monoisotopic (exact) mass is 524 g/mol. The number of benzene rings is 2. The Morgan fingerprint density at radius 1 is 1.09 bits per heavy atom. The fourth-order valence-electron chi connectivity index (χ4n) is 5.06. The van der Waals surface area contributed by atoms with Crippen LogP contribution in [0.3, 0.4) is 0 Å². The molecule has 3 heterocycles. The molecule has 7 heteroatoms. The van der Waals surface area contributed by atoms with Gasteiger partial charge in [-0.15, -0.1) is 0 Å². The molecule has 3 atom stereocenters. The van der Waals surface area contributed by atoms with Gasteiger partial charge in [-0.25, -0.2) is 4.39 Å². The van der Waals surface area contributed by atoms with Gasteiger partial charge in [0.25, 0.3) is 5.56 Å². The number of pyridine rings is 1. The lowest BCUT2D eigenvalue weighted by molar-refractivity contribution is -0.131. The Morgan fingerprint density at radius 2 is 1.88 bits per heavy atom. The molecule has 0 radical (unpaired) electrons. The van der Waals surface area contributed by atoms with Gasteiger partial charge in [-0.3, -0.25) is 9.59 Å². The number of nitrogens with one attached hydrogen (secondary N) is 1. The minimum Gasteiger partial charge on any atom is -0.368 e. The highest BCUT2D eigenvalue weighted by Crippen LogP contribution is 2.30. The molecule has 0 unspecified atom stereocenters. The van der Waals surface area contributed by atoms with E-state index in [1.54, 1.807) is 12.1 Å². The van der Waals surface area contributed by atoms with Crippen molar-refractivity contribution in [3.63, 3.8) is 0 Å². The number of amides is 1. The van der Waals surface area contributed by atoms with E-state index in [-0.39, 0.29) is 29.4 Å². The lowest BCUT2D eigenvalue weighted by Gasteiger charge is -2.36. The number of aryl methyl sites for hydroxylation is 1. The molecule has 5 nitrogen and oxygen atoms in total. The molecule has 0 bridgehead atoms. The van der Waals surface area contributed by atoms with E-state index >= 15 is 0 Å². The number of hydrogen-bond acceptors (Lipinski definition) is 3. The van der Waals surface area contributed by atoms with Crippen LogP contribution in [0.15, 0.2) is 69.9 Å². The molecule has 1 saturated heterocycles. The summed E-state index contributed by atoms with van der Waals surface area (Å²) >= 11 is 3.38. The van der Waals surface area contributed by atoms with Gasteiger partial charge in [-0.2, -0.15) is 0 Å². The van der Waals surface area contributed by atoms with E-state index in [2.05, 4.69) is 21.2 Å². The molecule has 3 aromatic rings. The van der Waals surface area contributed by atoms with Crippen molar-refractivity contribution in [3.8, 4) is 11.1 Å². The molecule has 2 aliphatic heterocycles. The number of nitrogens with zero attached hydrogens (tertiary/aromatic N) is 1. The maximum atomic E-state index is 13.8. The van der Waals surface area contributed by atoms with E-state index in [0.29, 0.717) is 23.9 Å². The predicted molar refractivity (Wildman–Crippen MR) is 132 cm³/mol. The van der Waals surface area contributed by atoms with Gasteiger partial charge >= 0.3 is 0 Å². The summed E-state index contributed by atoms with van der Waals surface area (Å²) in [6.45, 7) is 0.605. The highest BCUT2D eigenvalue weighted by atomic mass is 79.9. The molecule has 1 fully saturated rings. The number of carbonyl (C=O) groups excluding carboxylic acids is 1. The van der Waals surface area contributed by atoms with Crippen molar-refractivity contribution in [2.24, 2.45) is 0 Å². The van der Waals surface area contributed by atoms with Crippen LogP contribution in [0, 0.1) is 5.82 Å². The molecule has 1 amide bonds. The fourth-order valence-corrected chi connectivity index (χ4v) is 5.38. The van der Waals surface area contributed by atoms with Crippen molar-refractivity contribution in [2.45, 2.75) is 50.3 Å². The third kappa shape index (κ3) is 4.72. The molecule has 1 N–H and O–H groups in total. The summed E-state index contributed by atoms with van der Waals surface area (Å²) in [6, 6.07) is 17.8. The molecule has 0 saturated carbocycles. The van der Waals surface area contributed by atoms with Crippen molar-refractivity contribution in [3.05, 3.63) is 92.6 Å². The predicted octanol–water partition coefficient (Wildman–Crippen LogP) is 4.81. The fraction of sp³-hybridized carbons (Fsp3) is 0.333. The molecule has 176 valence electrons. The molecular weight excluding hydrogens is 499 g/mol. The van der Waals surface area contributed by atoms with Gasteiger partial charge in [-0.1, -0.05) is 36.4 Å². The zero-order chi connectivity index (χ0) is 23.7. The third-order valence-electron chi connectivity index (χ3n) is 6.74. The summed E-state index contributed by atoms with van der Waals surface area (Å²) in [5.41, 5.74) is 3.59. The Hall–Kier alpha value is -2.77. The van der Waals surface area contributed by atoms with Crippen molar-refractivity contribution >= 4 is 21.8 Å². The van der Waals surface area contributed by atoms with E-state index in [4.69, 9.17) is 4.74 Å². The molecule has 0 spiro atoms. The van der Waals surface area contributed by atoms with Crippen LogP contribution >= 0.6 is 15.9 Å². The van der Waals surface area contributed by atoms with Gasteiger partial charge < -0.3 is 14.6 Å². The van der Waals surface area contributed by atoms with Crippen LogP contribution < -0.4 is 10.9 Å². The zero-order valence-electron chi connectivity index (χ0n) is 18.7. The first-order valence-electron chi connectivity index (χ1n) is 11.7. The quantitative estimate of drug-likeness (QED) is 0.520. The average Bonchev–Trinajstić information content (AvgIpc) is 3.38. The largest absolute Gasteiger partial charge is 0.368 e. The number of halogens is 2. The maximum Gasteiger partial charge on any atom is 0.265 e. The summed E-state index contributed by atoms with van der Waals surface area (Å²) in [7, 11) is 0. The minimum absolute atomic E-state index is 0.0974. The van der Waals surface area contributed by atoms with Gasteiger partial charge in [0.2, 0.25) is 5.91 Å². The van der Waals surface area contributed by atoms with Gasteiger partial charge in [0, 0.05) is 12.3 Å². The standard InChI is InChI=1S/C27H26BrFN2O3/c28-22-11-9-21-10-12-23(30-26(32)25-8-3-13-34-25)24(31(21)27(22)33)15-17-4-1-5-18(14-17)19-6-2-7-20(29)16-19/h1-2,4-7,9,11,14,16,23-25H,3,8,10,12-13,15H2,(H,30,32)/t23-,24-,25-/m0/s1. The number of rotatable bonds is 5. The number of aromatic nitrogens is 1. The number of hydrogen-bond donors (Lipinski definition) is 1. The molecule has 5 rings (SSSR count). The second-order valence-corrected chi connectivity index (χ2v) is 9.84. The minimum atomic E-state index is -0.419. The zero-order valence-corrected chi connectivity index (χ0v) is 20.3. The normalized spacial score (nSPS) is 21.8. The van der Waals surface area contributed by atoms with Gasteiger partial charge in [-0.05, 0) is 89.0 Å². The van der Waals surface area contributed by atoms with Gasteiger partial charge in [0.1, 0.15) is 11.9 Å². The Labute approximate surface area is 206 Å². The number of carbonyl (C=O) groups is 1. The Kier molecular flexibility index (Phi) is 6.66. The smallest absolute Gasteiger partial charge is 0.265 e. The van der Waals surface area contributed by atoms with Gasteiger partial charge in [0.15, 0.2) is 0 Å². The van der Waals surface area contributed by atoms with Crippen molar-refractivity contribution in [2.75, 3.05) is 6.61 Å². The number of ether oxygens (including phenoxy) is 1. The molecule has 1 aromatic heterocycles. The van der Waals surface area contributed by atoms with Crippen molar-refractivity contribution in [1.82, 2.24) is 9.88 Å². The van der Waals surface area contributed by atoms with Crippen LogP contribution in [0.5, 0.6) is 0 Å². The Bertz CT molecular complexity index is 1270. The van der Waals surface area contributed by atoms with Crippen LogP contribution in [0.1, 0.15) is 36.6 Å². The molecule has 2 aliphatic rings. The second kappa shape index (κ2) is 9.84. The van der Waals surface area contributed by atoms with E-state index in [9.17, 15) is 14.0 Å². The first-order chi connectivity index (χ1) is 16.5. The number of fused-ring (bicyclic) bond motifs is 1. The Balaban J connectivity index is 1.48. The highest BCUT2D eigenvalue weighted by molar-refractivity contribution is 9.10. The average molecular weight is 525 g/mol. The summed E-state index contributed by atoms with van der Waals surface area (Å²) in [6.07, 6.45) is 3.20. The summed E-state index contributed by atoms with van der Waals surface area (Å²) in [4.78, 5) is 26.0.